The fourth-order valence-electron chi connectivity index (χ4n) is 1.35. The molecule has 0 amide bonds. The van der Waals surface area contributed by atoms with Crippen LogP contribution in [0, 0.1) is 0 Å². The third-order valence-electron chi connectivity index (χ3n) is 2.09. The molecular formula is C11H8ClNO3. The fourth-order valence-corrected chi connectivity index (χ4v) is 1.44. The molecule has 1 heterocycles. The van der Waals surface area contributed by atoms with Gasteiger partial charge in [0, 0.05) is 0 Å². The zero-order valence-corrected chi connectivity index (χ0v) is 8.98. The molecule has 0 atom stereocenters. The monoisotopic (exact) mass is 237 g/mol. The first-order chi connectivity index (χ1) is 7.66. The van der Waals surface area contributed by atoms with Crippen LogP contribution in [0.25, 0.3) is 0 Å². The molecule has 1 aromatic heterocycles. The van der Waals surface area contributed by atoms with E-state index in [1.807, 2.05) is 30.3 Å². The van der Waals surface area contributed by atoms with Gasteiger partial charge in [-0.05, 0) is 17.2 Å². The quantitative estimate of drug-likeness (QED) is 0.766. The second-order valence-corrected chi connectivity index (χ2v) is 3.59. The van der Waals surface area contributed by atoms with E-state index in [4.69, 9.17) is 11.6 Å². The van der Waals surface area contributed by atoms with Gasteiger partial charge in [0.25, 0.3) is 5.24 Å². The van der Waals surface area contributed by atoms with E-state index in [-0.39, 0.29) is 5.76 Å². The number of nitrogens with zero attached hydrogens (tertiary/aromatic N) is 1. The summed E-state index contributed by atoms with van der Waals surface area (Å²) in [5, 5.41) is -0.774. The lowest BCUT2D eigenvalue weighted by Crippen LogP contribution is -2.13. The topological polar surface area (TPSA) is 52.2 Å². The van der Waals surface area contributed by atoms with Gasteiger partial charge >= 0.3 is 5.76 Å². The lowest BCUT2D eigenvalue weighted by Gasteiger charge is -1.98. The number of carbonyl (C=O) groups is 1. The van der Waals surface area contributed by atoms with Crippen molar-refractivity contribution in [1.82, 2.24) is 4.57 Å². The normalized spacial score (nSPS) is 10.3. The first-order valence-corrected chi connectivity index (χ1v) is 4.98. The number of oxazole rings is 1. The zero-order chi connectivity index (χ0) is 11.5. The molecule has 2 rings (SSSR count). The molecule has 16 heavy (non-hydrogen) atoms. The Morgan fingerprint density at radius 1 is 1.31 bits per heavy atom. The smallest absolute Gasteiger partial charge is 0.403 e. The van der Waals surface area contributed by atoms with Gasteiger partial charge in [0.15, 0.2) is 0 Å². The predicted octanol–water partition coefficient (Wildman–Crippen LogP) is 1.87. The molecule has 5 heteroatoms. The van der Waals surface area contributed by atoms with Gasteiger partial charge in [-0.1, -0.05) is 30.3 Å². The number of aromatic nitrogens is 1. The number of rotatable bonds is 3. The highest BCUT2D eigenvalue weighted by Crippen LogP contribution is 2.04. The highest BCUT2D eigenvalue weighted by Gasteiger charge is 2.11. The minimum Gasteiger partial charge on any atom is -0.403 e. The molecule has 0 N–H and O–H groups in total. The first kappa shape index (κ1) is 10.7. The van der Waals surface area contributed by atoms with E-state index in [9.17, 15) is 9.59 Å². The molecule has 1 aromatic carbocycles. The SMILES string of the molecule is O=C(Cl)c1cn(Cc2ccccc2)c(=O)o1. The summed E-state index contributed by atoms with van der Waals surface area (Å²) in [6, 6.07) is 9.38. The minimum atomic E-state index is -0.774. The maximum Gasteiger partial charge on any atom is 0.419 e. The maximum absolute atomic E-state index is 11.3. The van der Waals surface area contributed by atoms with Crippen molar-refractivity contribution in [1.29, 1.82) is 0 Å². The Morgan fingerprint density at radius 3 is 2.56 bits per heavy atom. The van der Waals surface area contributed by atoms with Crippen LogP contribution in [0.2, 0.25) is 0 Å². The summed E-state index contributed by atoms with van der Waals surface area (Å²) in [5.74, 6) is -0.726. The lowest BCUT2D eigenvalue weighted by atomic mass is 10.2. The maximum atomic E-state index is 11.3. The number of benzene rings is 1. The molecule has 0 spiro atoms. The second kappa shape index (κ2) is 4.37. The van der Waals surface area contributed by atoms with Crippen molar-refractivity contribution in [3.8, 4) is 0 Å². The molecule has 0 fully saturated rings. The Kier molecular flexibility index (Phi) is 2.92. The molecule has 0 radical (unpaired) electrons. The largest absolute Gasteiger partial charge is 0.419 e. The molecule has 0 aliphatic heterocycles. The summed E-state index contributed by atoms with van der Waals surface area (Å²) in [7, 11) is 0. The van der Waals surface area contributed by atoms with Gasteiger partial charge in [-0.3, -0.25) is 9.36 Å². The van der Waals surface area contributed by atoms with E-state index in [1.165, 1.54) is 10.8 Å². The van der Waals surface area contributed by atoms with Crippen molar-refractivity contribution >= 4 is 16.8 Å². The van der Waals surface area contributed by atoms with Crippen LogP contribution >= 0.6 is 11.6 Å². The molecule has 0 unspecified atom stereocenters. The summed E-state index contributed by atoms with van der Waals surface area (Å²) in [6.45, 7) is 0.355. The van der Waals surface area contributed by atoms with Crippen LogP contribution in [0.15, 0.2) is 45.7 Å². The zero-order valence-electron chi connectivity index (χ0n) is 8.22. The Bertz CT molecular complexity index is 556. The van der Waals surface area contributed by atoms with Crippen LogP contribution in [-0.4, -0.2) is 9.81 Å². The molecule has 2 aromatic rings. The van der Waals surface area contributed by atoms with Crippen molar-refractivity contribution in [3.05, 3.63) is 58.4 Å². The first-order valence-electron chi connectivity index (χ1n) is 4.61. The Hall–Kier alpha value is -1.81. The predicted molar refractivity (Wildman–Crippen MR) is 58.7 cm³/mol. The average Bonchev–Trinajstić information content (AvgIpc) is 2.62. The highest BCUT2D eigenvalue weighted by atomic mass is 35.5. The van der Waals surface area contributed by atoms with Crippen molar-refractivity contribution in [3.63, 3.8) is 0 Å². The van der Waals surface area contributed by atoms with E-state index in [0.29, 0.717) is 6.54 Å². The summed E-state index contributed by atoms with van der Waals surface area (Å²) in [4.78, 5) is 22.1. The summed E-state index contributed by atoms with van der Waals surface area (Å²) in [6.07, 6.45) is 1.31. The molecular weight excluding hydrogens is 230 g/mol. The molecule has 0 bridgehead atoms. The van der Waals surface area contributed by atoms with E-state index in [1.54, 1.807) is 0 Å². The van der Waals surface area contributed by atoms with E-state index < -0.39 is 11.0 Å². The van der Waals surface area contributed by atoms with Crippen LogP contribution in [-0.2, 0) is 6.54 Å². The standard InChI is InChI=1S/C11H8ClNO3/c12-10(14)9-7-13(11(15)16-9)6-8-4-2-1-3-5-8/h1-5,7H,6H2. The van der Waals surface area contributed by atoms with Crippen LogP contribution in [0.4, 0.5) is 0 Å². The number of halogens is 1. The summed E-state index contributed by atoms with van der Waals surface area (Å²) >= 11 is 5.21. The summed E-state index contributed by atoms with van der Waals surface area (Å²) < 4.78 is 5.97. The van der Waals surface area contributed by atoms with E-state index >= 15 is 0 Å². The Balaban J connectivity index is 2.29. The van der Waals surface area contributed by atoms with E-state index in [0.717, 1.165) is 5.56 Å². The molecule has 0 saturated heterocycles. The molecule has 82 valence electrons. The van der Waals surface area contributed by atoms with Gasteiger partial charge in [-0.25, -0.2) is 4.79 Å². The summed E-state index contributed by atoms with van der Waals surface area (Å²) in [5.41, 5.74) is 0.943. The second-order valence-electron chi connectivity index (χ2n) is 3.25. The molecule has 0 saturated carbocycles. The lowest BCUT2D eigenvalue weighted by molar-refractivity contribution is 0.105. The highest BCUT2D eigenvalue weighted by molar-refractivity contribution is 6.67. The van der Waals surface area contributed by atoms with Crippen molar-refractivity contribution in [2.24, 2.45) is 0 Å². The van der Waals surface area contributed by atoms with E-state index in [2.05, 4.69) is 4.42 Å². The molecule has 0 aliphatic rings. The average molecular weight is 238 g/mol. The third-order valence-corrected chi connectivity index (χ3v) is 2.28. The Labute approximate surface area is 96.1 Å². The van der Waals surface area contributed by atoms with Gasteiger partial charge in [-0.15, -0.1) is 0 Å². The van der Waals surface area contributed by atoms with Gasteiger partial charge in [0.1, 0.15) is 0 Å². The van der Waals surface area contributed by atoms with Crippen molar-refractivity contribution in [2.45, 2.75) is 6.54 Å². The number of hydrogen-bond donors (Lipinski definition) is 0. The van der Waals surface area contributed by atoms with Crippen molar-refractivity contribution in [2.75, 3.05) is 0 Å². The fraction of sp³-hybridized carbons (Fsp3) is 0.0909. The molecule has 0 aliphatic carbocycles. The van der Waals surface area contributed by atoms with Gasteiger partial charge in [0.05, 0.1) is 12.7 Å². The van der Waals surface area contributed by atoms with Gasteiger partial charge in [0.2, 0.25) is 5.76 Å². The Morgan fingerprint density at radius 2 is 2.00 bits per heavy atom. The minimum absolute atomic E-state index is 0.136. The van der Waals surface area contributed by atoms with Crippen LogP contribution in [0.1, 0.15) is 16.1 Å². The third kappa shape index (κ3) is 2.23. The van der Waals surface area contributed by atoms with Gasteiger partial charge in [-0.2, -0.15) is 0 Å². The molecule has 4 nitrogen and oxygen atoms in total. The number of carbonyl (C=O) groups excluding carboxylic acids is 1. The van der Waals surface area contributed by atoms with Crippen LogP contribution < -0.4 is 5.76 Å². The number of hydrogen-bond acceptors (Lipinski definition) is 3. The van der Waals surface area contributed by atoms with Gasteiger partial charge < -0.3 is 4.42 Å². The van der Waals surface area contributed by atoms with Crippen LogP contribution in [0.3, 0.4) is 0 Å². The van der Waals surface area contributed by atoms with Crippen molar-refractivity contribution < 1.29 is 9.21 Å². The van der Waals surface area contributed by atoms with Crippen LogP contribution in [0.5, 0.6) is 0 Å².